The fraction of sp³-hybridized carbons (Fsp3) is 0.417. The van der Waals surface area contributed by atoms with Crippen LogP contribution in [0, 0.1) is 5.92 Å². The first-order valence-corrected chi connectivity index (χ1v) is 5.06. The smallest absolute Gasteiger partial charge is 0.211 e. The van der Waals surface area contributed by atoms with Gasteiger partial charge in [-0.15, -0.1) is 0 Å². The summed E-state index contributed by atoms with van der Waals surface area (Å²) in [7, 11) is 0. The van der Waals surface area contributed by atoms with Gasteiger partial charge in [-0.2, -0.15) is 0 Å². The van der Waals surface area contributed by atoms with Crippen LogP contribution in [0.3, 0.4) is 0 Å². The van der Waals surface area contributed by atoms with Crippen molar-refractivity contribution in [2.75, 3.05) is 0 Å². The molecule has 14 heavy (non-hydrogen) atoms. The van der Waals surface area contributed by atoms with Gasteiger partial charge in [0, 0.05) is 5.92 Å². The van der Waals surface area contributed by atoms with Gasteiger partial charge in [0.1, 0.15) is 0 Å². The van der Waals surface area contributed by atoms with Crippen LogP contribution < -0.4 is 0 Å². The van der Waals surface area contributed by atoms with Gasteiger partial charge in [-0.3, -0.25) is 0 Å². The molecule has 0 spiro atoms. The summed E-state index contributed by atoms with van der Waals surface area (Å²) in [5.74, 6) is 1.13. The van der Waals surface area contributed by atoms with Gasteiger partial charge >= 0.3 is 0 Å². The summed E-state index contributed by atoms with van der Waals surface area (Å²) in [6.07, 6.45) is 4.01. The lowest BCUT2D eigenvalue weighted by Gasteiger charge is -2.12. The van der Waals surface area contributed by atoms with E-state index in [9.17, 15) is 4.79 Å². The van der Waals surface area contributed by atoms with Gasteiger partial charge in [-0.05, 0) is 29.9 Å². The van der Waals surface area contributed by atoms with E-state index >= 15 is 0 Å². The van der Waals surface area contributed by atoms with Gasteiger partial charge in [-0.25, -0.2) is 9.79 Å². The van der Waals surface area contributed by atoms with E-state index in [4.69, 9.17) is 0 Å². The number of hydrogen-bond acceptors (Lipinski definition) is 2. The molecule has 0 radical (unpaired) electrons. The normalized spacial score (nSPS) is 32.4. The zero-order chi connectivity index (χ0) is 9.54. The summed E-state index contributed by atoms with van der Waals surface area (Å²) in [5.41, 5.74) is 2.85. The number of nitrogens with zero attached hydrogens (tertiary/aromatic N) is 1. The molecule has 2 heteroatoms. The SMILES string of the molecule is O=C=NC1C2CCc3ccccc3C21. The largest absolute Gasteiger partial charge is 0.235 e. The third kappa shape index (κ3) is 0.978. The van der Waals surface area contributed by atoms with Crippen LogP contribution in [0.1, 0.15) is 23.5 Å². The maximum absolute atomic E-state index is 10.2. The van der Waals surface area contributed by atoms with Crippen molar-refractivity contribution in [1.82, 2.24) is 0 Å². The van der Waals surface area contributed by atoms with E-state index in [1.54, 1.807) is 6.08 Å². The molecule has 2 aliphatic carbocycles. The molecule has 0 bridgehead atoms. The maximum Gasteiger partial charge on any atom is 0.235 e. The van der Waals surface area contributed by atoms with E-state index in [0.717, 1.165) is 6.42 Å². The summed E-state index contributed by atoms with van der Waals surface area (Å²) in [5, 5.41) is 0. The predicted octanol–water partition coefficient (Wildman–Crippen LogP) is 2.05. The van der Waals surface area contributed by atoms with Crippen LogP contribution >= 0.6 is 0 Å². The molecular weight excluding hydrogens is 174 g/mol. The molecule has 1 aromatic rings. The second-order valence-electron chi connectivity index (χ2n) is 4.14. The highest BCUT2D eigenvalue weighted by Gasteiger charge is 2.53. The zero-order valence-electron chi connectivity index (χ0n) is 7.81. The molecular formula is C12H11NO. The average molecular weight is 185 g/mol. The van der Waals surface area contributed by atoms with Gasteiger partial charge in [0.05, 0.1) is 6.04 Å². The molecule has 0 amide bonds. The van der Waals surface area contributed by atoms with E-state index in [2.05, 4.69) is 29.3 Å². The number of aryl methyl sites for hydroxylation is 1. The molecule has 1 aromatic carbocycles. The average Bonchev–Trinajstić information content (AvgIpc) is 2.93. The third-order valence-corrected chi connectivity index (χ3v) is 3.49. The highest BCUT2D eigenvalue weighted by molar-refractivity contribution is 5.44. The zero-order valence-corrected chi connectivity index (χ0v) is 7.81. The molecule has 3 unspecified atom stereocenters. The summed E-state index contributed by atoms with van der Waals surface area (Å²) in [4.78, 5) is 14.1. The number of aliphatic imine (C=N–C) groups is 1. The molecule has 0 saturated heterocycles. The van der Waals surface area contributed by atoms with Gasteiger partial charge in [0.15, 0.2) is 0 Å². The Kier molecular flexibility index (Phi) is 1.59. The van der Waals surface area contributed by atoms with Crippen LogP contribution in [0.5, 0.6) is 0 Å². The van der Waals surface area contributed by atoms with Gasteiger partial charge in [0.2, 0.25) is 6.08 Å². The number of rotatable bonds is 1. The van der Waals surface area contributed by atoms with Crippen molar-refractivity contribution in [2.24, 2.45) is 10.9 Å². The van der Waals surface area contributed by atoms with Crippen LogP contribution in [-0.2, 0) is 11.2 Å². The minimum Gasteiger partial charge on any atom is -0.211 e. The lowest BCUT2D eigenvalue weighted by molar-refractivity contribution is 0.561. The summed E-state index contributed by atoms with van der Waals surface area (Å²) >= 11 is 0. The molecule has 0 aromatic heterocycles. The molecule has 1 fully saturated rings. The first-order chi connectivity index (χ1) is 6.92. The fourth-order valence-electron chi connectivity index (χ4n) is 2.77. The Balaban J connectivity index is 2.00. The Hall–Kier alpha value is -1.40. The molecule has 0 heterocycles. The summed E-state index contributed by atoms with van der Waals surface area (Å²) in [6.45, 7) is 0. The van der Waals surface area contributed by atoms with E-state index in [-0.39, 0.29) is 6.04 Å². The van der Waals surface area contributed by atoms with Gasteiger partial charge in [-0.1, -0.05) is 24.3 Å². The monoisotopic (exact) mass is 185 g/mol. The molecule has 70 valence electrons. The van der Waals surface area contributed by atoms with E-state index in [1.165, 1.54) is 17.5 Å². The number of benzene rings is 1. The van der Waals surface area contributed by atoms with Crippen LogP contribution in [0.2, 0.25) is 0 Å². The van der Waals surface area contributed by atoms with Gasteiger partial charge in [0.25, 0.3) is 0 Å². The van der Waals surface area contributed by atoms with Crippen molar-refractivity contribution in [3.8, 4) is 0 Å². The Morgan fingerprint density at radius 1 is 1.36 bits per heavy atom. The molecule has 3 rings (SSSR count). The van der Waals surface area contributed by atoms with Crippen molar-refractivity contribution in [2.45, 2.75) is 24.8 Å². The minimum atomic E-state index is 0.233. The molecule has 1 saturated carbocycles. The van der Waals surface area contributed by atoms with E-state index < -0.39 is 0 Å². The van der Waals surface area contributed by atoms with E-state index in [0.29, 0.717) is 11.8 Å². The van der Waals surface area contributed by atoms with Crippen molar-refractivity contribution in [1.29, 1.82) is 0 Å². The Labute approximate surface area is 82.7 Å². The third-order valence-electron chi connectivity index (χ3n) is 3.49. The highest BCUT2D eigenvalue weighted by atomic mass is 16.1. The standard InChI is InChI=1S/C12H11NO/c14-7-13-12-10-6-5-8-3-1-2-4-9(8)11(10)12/h1-4,10-12H,5-6H2. The van der Waals surface area contributed by atoms with Gasteiger partial charge < -0.3 is 0 Å². The molecule has 2 aliphatic rings. The topological polar surface area (TPSA) is 29.4 Å². The van der Waals surface area contributed by atoms with Crippen molar-refractivity contribution in [3.63, 3.8) is 0 Å². The van der Waals surface area contributed by atoms with Crippen LogP contribution in [0.15, 0.2) is 29.3 Å². The molecule has 0 aliphatic heterocycles. The fourth-order valence-corrected chi connectivity index (χ4v) is 2.77. The van der Waals surface area contributed by atoms with E-state index in [1.807, 2.05) is 0 Å². The Morgan fingerprint density at radius 3 is 3.07 bits per heavy atom. The van der Waals surface area contributed by atoms with Crippen LogP contribution in [0.25, 0.3) is 0 Å². The number of isocyanates is 1. The van der Waals surface area contributed by atoms with Crippen LogP contribution in [-0.4, -0.2) is 12.1 Å². The van der Waals surface area contributed by atoms with Crippen molar-refractivity contribution >= 4 is 6.08 Å². The second-order valence-corrected chi connectivity index (χ2v) is 4.14. The highest BCUT2D eigenvalue weighted by Crippen LogP contribution is 2.56. The molecule has 2 nitrogen and oxygen atoms in total. The maximum atomic E-state index is 10.2. The second kappa shape index (κ2) is 2.79. The lowest BCUT2D eigenvalue weighted by atomic mass is 9.92. The Morgan fingerprint density at radius 2 is 2.21 bits per heavy atom. The number of fused-ring (bicyclic) bond motifs is 3. The first-order valence-electron chi connectivity index (χ1n) is 5.06. The van der Waals surface area contributed by atoms with Crippen LogP contribution in [0.4, 0.5) is 0 Å². The van der Waals surface area contributed by atoms with Crippen molar-refractivity contribution < 1.29 is 4.79 Å². The molecule has 0 N–H and O–H groups in total. The van der Waals surface area contributed by atoms with Crippen molar-refractivity contribution in [3.05, 3.63) is 35.4 Å². The summed E-state index contributed by atoms with van der Waals surface area (Å²) in [6, 6.07) is 8.75. The predicted molar refractivity (Wildman–Crippen MR) is 52.9 cm³/mol. The number of hydrogen-bond donors (Lipinski definition) is 0. The quantitative estimate of drug-likeness (QED) is 0.486. The summed E-state index contributed by atoms with van der Waals surface area (Å²) < 4.78 is 0. The number of carbonyl (C=O) groups excluding carboxylic acids is 1. The Bertz CT molecular complexity index is 420. The molecule has 3 atom stereocenters. The lowest BCUT2D eigenvalue weighted by Crippen LogP contribution is -2.00. The minimum absolute atomic E-state index is 0.233. The first kappa shape index (κ1) is 7.95.